The first-order valence-corrected chi connectivity index (χ1v) is 4.43. The van der Waals surface area contributed by atoms with Crippen LogP contribution in [0.5, 0.6) is 0 Å². The molecule has 1 aliphatic carbocycles. The van der Waals surface area contributed by atoms with E-state index in [2.05, 4.69) is 19.2 Å². The van der Waals surface area contributed by atoms with E-state index in [-0.39, 0.29) is 17.2 Å². The molecule has 3 heteroatoms. The molecular weight excluding hydrogens is 154 g/mol. The molecule has 1 spiro atoms. The van der Waals surface area contributed by atoms with Crippen LogP contribution in [0.1, 0.15) is 27.7 Å². The molecule has 1 heterocycles. The van der Waals surface area contributed by atoms with Gasteiger partial charge in [-0.15, -0.1) is 0 Å². The molecule has 3 nitrogen and oxygen atoms in total. The number of carbonyl (C=O) groups excluding carboxylic acids is 1. The van der Waals surface area contributed by atoms with E-state index in [4.69, 9.17) is 4.74 Å². The minimum absolute atomic E-state index is 0.0932. The van der Waals surface area contributed by atoms with E-state index in [9.17, 15) is 4.79 Å². The average molecular weight is 169 g/mol. The van der Waals surface area contributed by atoms with Gasteiger partial charge in [-0.2, -0.15) is 0 Å². The van der Waals surface area contributed by atoms with E-state index in [1.165, 1.54) is 0 Å². The van der Waals surface area contributed by atoms with Gasteiger partial charge in [-0.1, -0.05) is 13.8 Å². The van der Waals surface area contributed by atoms with Crippen molar-refractivity contribution in [2.24, 2.45) is 11.8 Å². The van der Waals surface area contributed by atoms with Gasteiger partial charge in [0, 0.05) is 0 Å². The molecule has 0 aromatic heterocycles. The quantitative estimate of drug-likeness (QED) is 0.597. The molecule has 68 valence electrons. The van der Waals surface area contributed by atoms with Crippen LogP contribution in [0, 0.1) is 11.8 Å². The number of ether oxygens (including phenoxy) is 1. The Bertz CT molecular complexity index is 239. The van der Waals surface area contributed by atoms with Gasteiger partial charge in [0.1, 0.15) is 5.60 Å². The van der Waals surface area contributed by atoms with Gasteiger partial charge in [0.15, 0.2) is 0 Å². The van der Waals surface area contributed by atoms with Crippen LogP contribution in [0.3, 0.4) is 0 Å². The zero-order valence-electron chi connectivity index (χ0n) is 7.97. The van der Waals surface area contributed by atoms with E-state index >= 15 is 0 Å². The first-order valence-electron chi connectivity index (χ1n) is 4.43. The summed E-state index contributed by atoms with van der Waals surface area (Å²) in [7, 11) is 0. The number of nitrogens with one attached hydrogen (secondary N) is 1. The molecule has 0 bridgehead atoms. The smallest absolute Gasteiger partial charge is 0.408 e. The van der Waals surface area contributed by atoms with Crippen molar-refractivity contribution >= 4 is 6.09 Å². The number of hydrogen-bond acceptors (Lipinski definition) is 2. The molecule has 0 radical (unpaired) electrons. The Morgan fingerprint density at radius 3 is 2.00 bits per heavy atom. The Balaban J connectivity index is 2.34. The molecule has 2 unspecified atom stereocenters. The second kappa shape index (κ2) is 1.78. The summed E-state index contributed by atoms with van der Waals surface area (Å²) in [6.07, 6.45) is -0.267. The molecule has 2 aliphatic rings. The zero-order valence-corrected chi connectivity index (χ0v) is 7.97. The van der Waals surface area contributed by atoms with Crippen LogP contribution in [0.15, 0.2) is 0 Å². The molecule has 2 atom stereocenters. The highest BCUT2D eigenvalue weighted by molar-refractivity contribution is 5.74. The van der Waals surface area contributed by atoms with Crippen LogP contribution in [0.25, 0.3) is 0 Å². The summed E-state index contributed by atoms with van der Waals surface area (Å²) in [5.41, 5.74) is -0.437. The highest BCUT2D eigenvalue weighted by Gasteiger charge is 2.73. The van der Waals surface area contributed by atoms with Crippen molar-refractivity contribution in [2.75, 3.05) is 0 Å². The second-order valence-electron chi connectivity index (χ2n) is 4.47. The van der Waals surface area contributed by atoms with Gasteiger partial charge >= 0.3 is 6.09 Å². The van der Waals surface area contributed by atoms with E-state index in [1.807, 2.05) is 13.8 Å². The lowest BCUT2D eigenvalue weighted by molar-refractivity contribution is 0.0564. The first kappa shape index (κ1) is 7.90. The number of hydrogen-bond donors (Lipinski definition) is 1. The highest BCUT2D eigenvalue weighted by atomic mass is 16.6. The zero-order chi connectivity index (χ0) is 9.15. The summed E-state index contributed by atoms with van der Waals surface area (Å²) in [5, 5.41) is 2.93. The maximum atomic E-state index is 11.1. The van der Waals surface area contributed by atoms with Gasteiger partial charge in [0.05, 0.1) is 5.54 Å². The lowest BCUT2D eigenvalue weighted by atomic mass is 9.94. The van der Waals surface area contributed by atoms with Gasteiger partial charge < -0.3 is 10.1 Å². The summed E-state index contributed by atoms with van der Waals surface area (Å²) in [4.78, 5) is 11.1. The Morgan fingerprint density at radius 2 is 1.83 bits per heavy atom. The fourth-order valence-electron chi connectivity index (χ4n) is 2.76. The van der Waals surface area contributed by atoms with Crippen LogP contribution < -0.4 is 5.32 Å². The van der Waals surface area contributed by atoms with E-state index in [1.54, 1.807) is 0 Å². The maximum absolute atomic E-state index is 11.1. The van der Waals surface area contributed by atoms with Crippen LogP contribution in [0.4, 0.5) is 4.79 Å². The predicted octanol–water partition coefficient (Wildman–Crippen LogP) is 1.53. The third-order valence-electron chi connectivity index (χ3n) is 3.73. The van der Waals surface area contributed by atoms with Crippen molar-refractivity contribution in [1.29, 1.82) is 0 Å². The molecule has 1 N–H and O–H groups in total. The highest BCUT2D eigenvalue weighted by Crippen LogP contribution is 2.59. The minimum Gasteiger partial charge on any atom is -0.441 e. The molecule has 1 saturated heterocycles. The van der Waals surface area contributed by atoms with Gasteiger partial charge in [-0.05, 0) is 25.7 Å². The van der Waals surface area contributed by atoms with Crippen molar-refractivity contribution in [3.05, 3.63) is 0 Å². The third-order valence-corrected chi connectivity index (χ3v) is 3.73. The van der Waals surface area contributed by atoms with Crippen LogP contribution >= 0.6 is 0 Å². The second-order valence-corrected chi connectivity index (χ2v) is 4.47. The molecular formula is C9H15NO2. The van der Waals surface area contributed by atoms with Gasteiger partial charge in [-0.3, -0.25) is 0 Å². The predicted molar refractivity (Wildman–Crippen MR) is 44.8 cm³/mol. The molecule has 12 heavy (non-hydrogen) atoms. The minimum atomic E-state index is -0.344. The van der Waals surface area contributed by atoms with Crippen LogP contribution in [-0.2, 0) is 4.74 Å². The van der Waals surface area contributed by atoms with Crippen molar-refractivity contribution in [1.82, 2.24) is 5.32 Å². The molecule has 1 aliphatic heterocycles. The number of cyclic esters (lactones) is 1. The first-order chi connectivity index (χ1) is 5.42. The standard InChI is InChI=1S/C9H15NO2/c1-5-6(2)9(5)8(3,4)12-7(11)10-9/h5-6H,1-4H3,(H,10,11). The molecule has 0 aromatic rings. The Labute approximate surface area is 72.5 Å². The molecule has 0 aromatic carbocycles. The summed E-state index contributed by atoms with van der Waals surface area (Å²) < 4.78 is 5.22. The number of alkyl carbamates (subject to hydrolysis) is 1. The summed E-state index contributed by atoms with van der Waals surface area (Å²) >= 11 is 0. The van der Waals surface area contributed by atoms with Crippen molar-refractivity contribution in [2.45, 2.75) is 38.8 Å². The Morgan fingerprint density at radius 1 is 1.33 bits per heavy atom. The van der Waals surface area contributed by atoms with Crippen molar-refractivity contribution in [3.8, 4) is 0 Å². The summed E-state index contributed by atoms with van der Waals surface area (Å²) in [5.74, 6) is 1.05. The van der Waals surface area contributed by atoms with E-state index in [0.29, 0.717) is 11.8 Å². The molecule has 1 saturated carbocycles. The van der Waals surface area contributed by atoms with E-state index in [0.717, 1.165) is 0 Å². The number of amides is 1. The average Bonchev–Trinajstić information content (AvgIpc) is 2.38. The maximum Gasteiger partial charge on any atom is 0.408 e. The monoisotopic (exact) mass is 169 g/mol. The SMILES string of the molecule is CC1C(C)C12NC(=O)OC2(C)C. The lowest BCUT2D eigenvalue weighted by Gasteiger charge is -2.24. The third kappa shape index (κ3) is 0.609. The lowest BCUT2D eigenvalue weighted by Crippen LogP contribution is -2.44. The summed E-state index contributed by atoms with van der Waals surface area (Å²) in [6.45, 7) is 8.26. The number of carbonyl (C=O) groups is 1. The van der Waals surface area contributed by atoms with Crippen molar-refractivity contribution in [3.63, 3.8) is 0 Å². The van der Waals surface area contributed by atoms with E-state index < -0.39 is 0 Å². The molecule has 1 amide bonds. The van der Waals surface area contributed by atoms with Crippen LogP contribution in [-0.4, -0.2) is 17.2 Å². The van der Waals surface area contributed by atoms with Crippen LogP contribution in [0.2, 0.25) is 0 Å². The van der Waals surface area contributed by atoms with Gasteiger partial charge in [-0.25, -0.2) is 4.79 Å². The largest absolute Gasteiger partial charge is 0.441 e. The van der Waals surface area contributed by atoms with Gasteiger partial charge in [0.25, 0.3) is 0 Å². The normalized spacial score (nSPS) is 48.8. The number of rotatable bonds is 0. The topological polar surface area (TPSA) is 38.3 Å². The Hall–Kier alpha value is -0.730. The Kier molecular flexibility index (Phi) is 1.17. The fourth-order valence-corrected chi connectivity index (χ4v) is 2.76. The molecule has 2 rings (SSSR count). The summed E-state index contributed by atoms with van der Waals surface area (Å²) in [6, 6.07) is 0. The molecule has 2 fully saturated rings. The van der Waals surface area contributed by atoms with Crippen molar-refractivity contribution < 1.29 is 9.53 Å². The van der Waals surface area contributed by atoms with Gasteiger partial charge in [0.2, 0.25) is 0 Å². The fraction of sp³-hybridized carbons (Fsp3) is 0.889.